The summed E-state index contributed by atoms with van der Waals surface area (Å²) in [6.07, 6.45) is 0.685. The number of methoxy groups -OCH3 is 1. The molecule has 0 aliphatic rings. The van der Waals surface area contributed by atoms with Gasteiger partial charge in [-0.25, -0.2) is 4.98 Å². The third kappa shape index (κ3) is 1.56. The third-order valence-corrected chi connectivity index (χ3v) is 1.81. The van der Waals surface area contributed by atoms with Crippen molar-refractivity contribution in [3.05, 3.63) is 22.3 Å². The maximum absolute atomic E-state index is 10.5. The smallest absolute Gasteiger partial charge is 0.214 e. The minimum absolute atomic E-state index is 0.182. The predicted octanol–water partition coefficient (Wildman–Crippen LogP) is 1.86. The van der Waals surface area contributed by atoms with Gasteiger partial charge in [0.15, 0.2) is 6.29 Å². The number of hydrogen-bond acceptors (Lipinski definition) is 3. The molecule has 0 saturated carbocycles. The van der Waals surface area contributed by atoms with E-state index in [1.54, 1.807) is 13.0 Å². The SMILES string of the molecule is COc1cc(C)c(C=O)c(Cl)n1. The minimum Gasteiger partial charge on any atom is -0.481 e. The van der Waals surface area contributed by atoms with E-state index in [0.717, 1.165) is 5.56 Å². The largest absolute Gasteiger partial charge is 0.481 e. The van der Waals surface area contributed by atoms with E-state index >= 15 is 0 Å². The average Bonchev–Trinajstić information content (AvgIpc) is 2.03. The van der Waals surface area contributed by atoms with Gasteiger partial charge in [0.1, 0.15) is 5.15 Å². The van der Waals surface area contributed by atoms with Gasteiger partial charge in [-0.3, -0.25) is 4.79 Å². The molecule has 0 saturated heterocycles. The van der Waals surface area contributed by atoms with Crippen molar-refractivity contribution in [2.75, 3.05) is 7.11 Å². The van der Waals surface area contributed by atoms with Crippen LogP contribution in [-0.2, 0) is 0 Å². The second-order valence-electron chi connectivity index (χ2n) is 2.30. The fourth-order valence-electron chi connectivity index (χ4n) is 0.861. The number of nitrogens with zero attached hydrogens (tertiary/aromatic N) is 1. The maximum Gasteiger partial charge on any atom is 0.214 e. The molecule has 1 heterocycles. The van der Waals surface area contributed by atoms with Crippen molar-refractivity contribution in [1.29, 1.82) is 0 Å². The zero-order valence-corrected chi connectivity index (χ0v) is 7.55. The van der Waals surface area contributed by atoms with Crippen LogP contribution in [0.25, 0.3) is 0 Å². The van der Waals surface area contributed by atoms with Crippen LogP contribution in [-0.4, -0.2) is 18.4 Å². The standard InChI is InChI=1S/C8H8ClNO2/c1-5-3-7(12-2)10-8(9)6(5)4-11/h3-4H,1-2H3. The zero-order chi connectivity index (χ0) is 9.14. The van der Waals surface area contributed by atoms with E-state index in [0.29, 0.717) is 17.7 Å². The van der Waals surface area contributed by atoms with Crippen LogP contribution in [0.3, 0.4) is 0 Å². The lowest BCUT2D eigenvalue weighted by Gasteiger charge is -2.03. The lowest BCUT2D eigenvalue weighted by atomic mass is 10.2. The number of aromatic nitrogens is 1. The molecule has 1 aromatic heterocycles. The number of aldehydes is 1. The Morgan fingerprint density at radius 2 is 2.33 bits per heavy atom. The molecular weight excluding hydrogens is 178 g/mol. The Bertz CT molecular complexity index is 289. The Morgan fingerprint density at radius 1 is 1.67 bits per heavy atom. The molecule has 0 fully saturated rings. The number of ether oxygens (including phenoxy) is 1. The van der Waals surface area contributed by atoms with Crippen LogP contribution in [0.1, 0.15) is 15.9 Å². The van der Waals surface area contributed by atoms with Crippen LogP contribution in [0, 0.1) is 6.92 Å². The summed E-state index contributed by atoms with van der Waals surface area (Å²) in [6, 6.07) is 1.66. The van der Waals surface area contributed by atoms with Crippen LogP contribution in [0.2, 0.25) is 5.15 Å². The molecule has 64 valence electrons. The van der Waals surface area contributed by atoms with Crippen molar-refractivity contribution in [2.45, 2.75) is 6.92 Å². The van der Waals surface area contributed by atoms with Gasteiger partial charge in [-0.2, -0.15) is 0 Å². The zero-order valence-electron chi connectivity index (χ0n) is 6.80. The van der Waals surface area contributed by atoms with Crippen molar-refractivity contribution < 1.29 is 9.53 Å². The van der Waals surface area contributed by atoms with Crippen LogP contribution < -0.4 is 4.74 Å². The summed E-state index contributed by atoms with van der Waals surface area (Å²) in [4.78, 5) is 14.3. The highest BCUT2D eigenvalue weighted by Gasteiger charge is 2.06. The van der Waals surface area contributed by atoms with Gasteiger partial charge in [-0.1, -0.05) is 11.6 Å². The van der Waals surface area contributed by atoms with Gasteiger partial charge in [0.05, 0.1) is 12.7 Å². The van der Waals surface area contributed by atoms with E-state index < -0.39 is 0 Å². The first-order chi connectivity index (χ1) is 5.69. The van der Waals surface area contributed by atoms with Crippen LogP contribution in [0.5, 0.6) is 5.88 Å². The van der Waals surface area contributed by atoms with Crippen molar-refractivity contribution in [3.63, 3.8) is 0 Å². The van der Waals surface area contributed by atoms with Gasteiger partial charge in [0.25, 0.3) is 0 Å². The summed E-state index contributed by atoms with van der Waals surface area (Å²) < 4.78 is 4.86. The highest BCUT2D eigenvalue weighted by Crippen LogP contribution is 2.20. The van der Waals surface area contributed by atoms with Crippen molar-refractivity contribution >= 4 is 17.9 Å². The minimum atomic E-state index is 0.182. The van der Waals surface area contributed by atoms with E-state index in [9.17, 15) is 4.79 Å². The van der Waals surface area contributed by atoms with E-state index in [4.69, 9.17) is 16.3 Å². The first-order valence-corrected chi connectivity index (χ1v) is 3.73. The second-order valence-corrected chi connectivity index (χ2v) is 2.66. The van der Waals surface area contributed by atoms with Gasteiger partial charge in [-0.15, -0.1) is 0 Å². The van der Waals surface area contributed by atoms with Gasteiger partial charge >= 0.3 is 0 Å². The van der Waals surface area contributed by atoms with E-state index in [-0.39, 0.29) is 5.15 Å². The molecule has 0 N–H and O–H groups in total. The number of carbonyl (C=O) groups excluding carboxylic acids is 1. The molecule has 3 nitrogen and oxygen atoms in total. The first-order valence-electron chi connectivity index (χ1n) is 3.35. The maximum atomic E-state index is 10.5. The molecular formula is C8H8ClNO2. The summed E-state index contributed by atoms with van der Waals surface area (Å²) in [5.41, 5.74) is 1.18. The molecule has 0 atom stereocenters. The normalized spacial score (nSPS) is 9.58. The monoisotopic (exact) mass is 185 g/mol. The highest BCUT2D eigenvalue weighted by atomic mass is 35.5. The summed E-state index contributed by atoms with van der Waals surface area (Å²) in [5.74, 6) is 0.420. The van der Waals surface area contributed by atoms with Gasteiger partial charge in [-0.05, 0) is 12.5 Å². The van der Waals surface area contributed by atoms with Crippen molar-refractivity contribution in [1.82, 2.24) is 4.98 Å². The lowest BCUT2D eigenvalue weighted by Crippen LogP contribution is -1.95. The van der Waals surface area contributed by atoms with Crippen LogP contribution in [0.4, 0.5) is 0 Å². The summed E-state index contributed by atoms with van der Waals surface area (Å²) in [5, 5.41) is 0.182. The molecule has 0 bridgehead atoms. The quantitative estimate of drug-likeness (QED) is 0.522. The summed E-state index contributed by atoms with van der Waals surface area (Å²) >= 11 is 5.69. The number of halogens is 1. The molecule has 4 heteroatoms. The molecule has 1 rings (SSSR count). The highest BCUT2D eigenvalue weighted by molar-refractivity contribution is 6.31. The van der Waals surface area contributed by atoms with Crippen molar-refractivity contribution in [3.8, 4) is 5.88 Å². The summed E-state index contributed by atoms with van der Waals surface area (Å²) in [6.45, 7) is 1.78. The van der Waals surface area contributed by atoms with E-state index in [1.807, 2.05) is 0 Å². The molecule has 0 amide bonds. The molecule has 0 unspecified atom stereocenters. The molecule has 0 aromatic carbocycles. The van der Waals surface area contributed by atoms with Gasteiger partial charge in [0, 0.05) is 6.07 Å². The summed E-state index contributed by atoms with van der Waals surface area (Å²) in [7, 11) is 1.50. The number of carbonyl (C=O) groups is 1. The van der Waals surface area contributed by atoms with Gasteiger partial charge in [0.2, 0.25) is 5.88 Å². The Morgan fingerprint density at radius 3 is 2.75 bits per heavy atom. The van der Waals surface area contributed by atoms with E-state index in [1.165, 1.54) is 7.11 Å². The second kappa shape index (κ2) is 3.54. The molecule has 12 heavy (non-hydrogen) atoms. The first kappa shape index (κ1) is 9.00. The Balaban J connectivity index is 3.27. The lowest BCUT2D eigenvalue weighted by molar-refractivity contribution is 0.112. The van der Waals surface area contributed by atoms with Gasteiger partial charge < -0.3 is 4.74 Å². The number of aryl methyl sites for hydroxylation is 1. The molecule has 0 radical (unpaired) electrons. The topological polar surface area (TPSA) is 39.2 Å². The Kier molecular flexibility index (Phi) is 2.65. The molecule has 0 aliphatic carbocycles. The van der Waals surface area contributed by atoms with E-state index in [2.05, 4.69) is 4.98 Å². The molecule has 1 aromatic rings. The Labute approximate surface area is 75.3 Å². The number of pyridine rings is 1. The fourth-order valence-corrected chi connectivity index (χ4v) is 1.14. The van der Waals surface area contributed by atoms with Crippen molar-refractivity contribution in [2.24, 2.45) is 0 Å². The van der Waals surface area contributed by atoms with Crippen LogP contribution in [0.15, 0.2) is 6.07 Å². The molecule has 0 spiro atoms. The van der Waals surface area contributed by atoms with Crippen LogP contribution >= 0.6 is 11.6 Å². The fraction of sp³-hybridized carbons (Fsp3) is 0.250. The Hall–Kier alpha value is -1.09. The third-order valence-electron chi connectivity index (χ3n) is 1.52. The molecule has 0 aliphatic heterocycles. The predicted molar refractivity (Wildman–Crippen MR) is 45.9 cm³/mol. The number of hydrogen-bond donors (Lipinski definition) is 0. The number of rotatable bonds is 2. The average molecular weight is 186 g/mol.